The van der Waals surface area contributed by atoms with Gasteiger partial charge in [0.05, 0.1) is 12.6 Å². The van der Waals surface area contributed by atoms with E-state index in [0.29, 0.717) is 23.0 Å². The van der Waals surface area contributed by atoms with Crippen LogP contribution in [0.5, 0.6) is 0 Å². The van der Waals surface area contributed by atoms with Crippen molar-refractivity contribution in [1.82, 2.24) is 20.2 Å². The van der Waals surface area contributed by atoms with Crippen LogP contribution >= 0.6 is 11.8 Å². The third kappa shape index (κ3) is 5.36. The van der Waals surface area contributed by atoms with E-state index in [-0.39, 0.29) is 17.8 Å². The normalized spacial score (nSPS) is 16.7. The van der Waals surface area contributed by atoms with Crippen molar-refractivity contribution in [3.8, 4) is 0 Å². The summed E-state index contributed by atoms with van der Waals surface area (Å²) in [7, 11) is 0. The third-order valence-electron chi connectivity index (χ3n) is 5.00. The molecular weight excluding hydrogens is 414 g/mol. The predicted molar refractivity (Wildman–Crippen MR) is 117 cm³/mol. The number of hydrogen-bond donors (Lipinski definition) is 1. The molecule has 1 aliphatic heterocycles. The van der Waals surface area contributed by atoms with Crippen molar-refractivity contribution >= 4 is 29.1 Å². The van der Waals surface area contributed by atoms with E-state index < -0.39 is 5.25 Å². The van der Waals surface area contributed by atoms with Gasteiger partial charge in [0.2, 0.25) is 11.1 Å². The number of thioether (sulfide) groups is 1. The summed E-state index contributed by atoms with van der Waals surface area (Å²) in [6.45, 7) is 2.81. The van der Waals surface area contributed by atoms with Gasteiger partial charge in [0.1, 0.15) is 5.25 Å². The van der Waals surface area contributed by atoms with Gasteiger partial charge in [0.25, 0.3) is 0 Å². The summed E-state index contributed by atoms with van der Waals surface area (Å²) < 4.78 is 7.39. The van der Waals surface area contributed by atoms with E-state index in [1.807, 2.05) is 30.3 Å². The third-order valence-corrected chi connectivity index (χ3v) is 6.23. The van der Waals surface area contributed by atoms with Gasteiger partial charge < -0.3 is 10.1 Å². The zero-order valence-electron chi connectivity index (χ0n) is 17.1. The highest BCUT2D eigenvalue weighted by Crippen LogP contribution is 2.35. The number of amides is 1. The molecule has 1 N–H and O–H groups in total. The van der Waals surface area contributed by atoms with Crippen LogP contribution in [0.25, 0.3) is 0 Å². The van der Waals surface area contributed by atoms with Crippen LogP contribution in [-0.2, 0) is 16.1 Å². The van der Waals surface area contributed by atoms with Gasteiger partial charge in [-0.1, -0.05) is 54.2 Å². The van der Waals surface area contributed by atoms with Crippen molar-refractivity contribution in [3.63, 3.8) is 0 Å². The molecule has 3 aromatic rings. The number of nitrogens with one attached hydrogen (secondary N) is 1. The topological polar surface area (TPSA) is 99.0 Å². The highest BCUT2D eigenvalue weighted by Gasteiger charge is 2.26. The summed E-state index contributed by atoms with van der Waals surface area (Å²) in [4.78, 5) is 24.9. The summed E-state index contributed by atoms with van der Waals surface area (Å²) in [5, 5.41) is 14.9. The molecule has 8 nitrogen and oxygen atoms in total. The molecule has 0 bridgehead atoms. The van der Waals surface area contributed by atoms with Gasteiger partial charge in [-0.25, -0.2) is 4.68 Å². The number of ether oxygens (including phenoxy) is 1. The Morgan fingerprint density at radius 3 is 2.81 bits per heavy atom. The van der Waals surface area contributed by atoms with E-state index in [1.54, 1.807) is 28.9 Å². The molecule has 1 fully saturated rings. The van der Waals surface area contributed by atoms with Crippen LogP contribution in [0.3, 0.4) is 0 Å². The fourth-order valence-corrected chi connectivity index (χ4v) is 4.39. The van der Waals surface area contributed by atoms with E-state index in [4.69, 9.17) is 4.74 Å². The second kappa shape index (κ2) is 9.84. The molecule has 31 heavy (non-hydrogen) atoms. The molecule has 1 aromatic heterocycles. The standard InChI is InChI=1S/C22H23N5O3S/c1-15(28)17-9-5-10-18(13-17)23-21(29)20(16-7-3-2-4-8-16)31-22-24-25-26-27(22)14-19-11-6-12-30-19/h2-5,7-10,13,19-20H,6,11-12,14H2,1H3,(H,23,29)/t19-,20+/m1/s1. The molecule has 2 atom stereocenters. The van der Waals surface area contributed by atoms with Crippen LogP contribution < -0.4 is 5.32 Å². The summed E-state index contributed by atoms with van der Waals surface area (Å²) in [5.41, 5.74) is 1.94. The number of carbonyl (C=O) groups excluding carboxylic acids is 2. The number of benzene rings is 2. The Bertz CT molecular complexity index is 1050. The lowest BCUT2D eigenvalue weighted by Crippen LogP contribution is -2.21. The summed E-state index contributed by atoms with van der Waals surface area (Å²) >= 11 is 1.29. The van der Waals surface area contributed by atoms with Gasteiger partial charge in [0.15, 0.2) is 5.78 Å². The fourth-order valence-electron chi connectivity index (χ4n) is 3.41. The Kier molecular flexibility index (Phi) is 6.73. The van der Waals surface area contributed by atoms with E-state index in [9.17, 15) is 9.59 Å². The molecule has 160 valence electrons. The Labute approximate surface area is 184 Å². The molecule has 4 rings (SSSR count). The van der Waals surface area contributed by atoms with Crippen molar-refractivity contribution in [2.45, 2.75) is 42.8 Å². The van der Waals surface area contributed by atoms with Gasteiger partial charge in [-0.2, -0.15) is 0 Å². The lowest BCUT2D eigenvalue weighted by Gasteiger charge is -2.17. The first-order valence-electron chi connectivity index (χ1n) is 10.1. The molecular formula is C22H23N5O3S. The number of tetrazole rings is 1. The van der Waals surface area contributed by atoms with Gasteiger partial charge in [-0.05, 0) is 47.9 Å². The van der Waals surface area contributed by atoms with E-state index in [2.05, 4.69) is 20.8 Å². The Morgan fingerprint density at radius 1 is 1.23 bits per heavy atom. The van der Waals surface area contributed by atoms with Crippen molar-refractivity contribution in [2.24, 2.45) is 0 Å². The number of hydrogen-bond acceptors (Lipinski definition) is 7. The molecule has 2 heterocycles. The lowest BCUT2D eigenvalue weighted by atomic mass is 10.1. The number of anilines is 1. The Hall–Kier alpha value is -3.04. The molecule has 1 aliphatic rings. The van der Waals surface area contributed by atoms with Crippen LogP contribution in [0.4, 0.5) is 5.69 Å². The monoisotopic (exact) mass is 437 g/mol. The van der Waals surface area contributed by atoms with Gasteiger partial charge in [0, 0.05) is 17.9 Å². The minimum Gasteiger partial charge on any atom is -0.376 e. The van der Waals surface area contributed by atoms with Crippen LogP contribution in [0.15, 0.2) is 59.8 Å². The van der Waals surface area contributed by atoms with Crippen LogP contribution in [0.2, 0.25) is 0 Å². The minimum absolute atomic E-state index is 0.0570. The average molecular weight is 438 g/mol. The van der Waals surface area contributed by atoms with Crippen molar-refractivity contribution in [3.05, 3.63) is 65.7 Å². The zero-order chi connectivity index (χ0) is 21.6. The first-order chi connectivity index (χ1) is 15.1. The predicted octanol–water partition coefficient (Wildman–Crippen LogP) is 3.53. The summed E-state index contributed by atoms with van der Waals surface area (Å²) in [6.07, 6.45) is 2.09. The zero-order valence-corrected chi connectivity index (χ0v) is 17.9. The van der Waals surface area contributed by atoms with Gasteiger partial charge in [-0.3, -0.25) is 9.59 Å². The number of rotatable bonds is 8. The number of aromatic nitrogens is 4. The second-order valence-corrected chi connectivity index (χ2v) is 8.39. The number of Topliss-reactive ketones (excluding diaryl/α,β-unsaturated/α-hetero) is 1. The fraction of sp³-hybridized carbons (Fsp3) is 0.318. The van der Waals surface area contributed by atoms with E-state index in [0.717, 1.165) is 25.0 Å². The maximum atomic E-state index is 13.3. The highest BCUT2D eigenvalue weighted by molar-refractivity contribution is 8.00. The number of ketones is 1. The molecule has 9 heteroatoms. The molecule has 0 aliphatic carbocycles. The number of carbonyl (C=O) groups is 2. The molecule has 1 amide bonds. The minimum atomic E-state index is -0.573. The molecule has 0 radical (unpaired) electrons. The summed E-state index contributed by atoms with van der Waals surface area (Å²) in [5.74, 6) is -0.276. The van der Waals surface area contributed by atoms with Gasteiger partial charge >= 0.3 is 0 Å². The van der Waals surface area contributed by atoms with Crippen LogP contribution in [-0.4, -0.2) is 44.6 Å². The number of nitrogens with zero attached hydrogens (tertiary/aromatic N) is 4. The SMILES string of the molecule is CC(=O)c1cccc(NC(=O)[C@@H](Sc2nnnn2C[C@H]2CCCO2)c2ccccc2)c1. The van der Waals surface area contributed by atoms with E-state index >= 15 is 0 Å². The quantitative estimate of drug-likeness (QED) is 0.425. The largest absolute Gasteiger partial charge is 0.376 e. The first-order valence-corrected chi connectivity index (χ1v) is 11.0. The molecule has 0 unspecified atom stereocenters. The summed E-state index contributed by atoms with van der Waals surface area (Å²) in [6, 6.07) is 16.4. The molecule has 0 spiro atoms. The van der Waals surface area contributed by atoms with Crippen LogP contribution in [0, 0.1) is 0 Å². The highest BCUT2D eigenvalue weighted by atomic mass is 32.2. The van der Waals surface area contributed by atoms with E-state index in [1.165, 1.54) is 18.7 Å². The van der Waals surface area contributed by atoms with Crippen molar-refractivity contribution < 1.29 is 14.3 Å². The molecule has 2 aromatic carbocycles. The van der Waals surface area contributed by atoms with Gasteiger partial charge in [-0.15, -0.1) is 5.10 Å². The molecule has 1 saturated heterocycles. The average Bonchev–Trinajstić information content (AvgIpc) is 3.45. The maximum Gasteiger partial charge on any atom is 0.242 e. The van der Waals surface area contributed by atoms with Crippen molar-refractivity contribution in [1.29, 1.82) is 0 Å². The molecule has 0 saturated carbocycles. The smallest absolute Gasteiger partial charge is 0.242 e. The van der Waals surface area contributed by atoms with Crippen LogP contribution in [0.1, 0.15) is 40.9 Å². The first kappa shape index (κ1) is 21.2. The second-order valence-electron chi connectivity index (χ2n) is 7.31. The lowest BCUT2D eigenvalue weighted by molar-refractivity contribution is -0.115. The Morgan fingerprint density at radius 2 is 2.06 bits per heavy atom. The van der Waals surface area contributed by atoms with Crippen molar-refractivity contribution in [2.75, 3.05) is 11.9 Å². The maximum absolute atomic E-state index is 13.3. The Balaban J connectivity index is 1.56.